The number of hydrogen-bond acceptors (Lipinski definition) is 1. The zero-order chi connectivity index (χ0) is 20.1. The highest BCUT2D eigenvalue weighted by molar-refractivity contribution is 6.92. The molecule has 1 nitrogen and oxygen atoms in total. The molecule has 0 aliphatic carbocycles. The Bertz CT molecular complexity index is 729. The largest absolute Gasteiger partial charge is 0.507 e. The molecule has 0 aliphatic heterocycles. The molecule has 0 amide bonds. The number of phenolic OH excluding ortho intramolecular Hbond substituents is 1. The fourth-order valence-corrected chi connectivity index (χ4v) is 12.3. The maximum Gasteiger partial charge on any atom is 0.122 e. The van der Waals surface area contributed by atoms with Crippen molar-refractivity contribution in [3.63, 3.8) is 0 Å². The van der Waals surface area contributed by atoms with E-state index < -0.39 is 16.1 Å². The molecule has 2 aromatic carbocycles. The molecule has 1 N–H and O–H groups in total. The van der Waals surface area contributed by atoms with Crippen LogP contribution in [0.15, 0.2) is 42.5 Å². The van der Waals surface area contributed by atoms with Gasteiger partial charge in [-0.05, 0) is 10.8 Å². The van der Waals surface area contributed by atoms with Crippen LogP contribution in [0.5, 0.6) is 5.75 Å². The van der Waals surface area contributed by atoms with E-state index in [9.17, 15) is 5.11 Å². The number of para-hydroxylation sites is 1. The van der Waals surface area contributed by atoms with Gasteiger partial charge in [0, 0.05) is 5.56 Å². The minimum Gasteiger partial charge on any atom is -0.507 e. The van der Waals surface area contributed by atoms with Gasteiger partial charge in [-0.3, -0.25) is 0 Å². The highest BCUT2D eigenvalue weighted by atomic mass is 28.3. The van der Waals surface area contributed by atoms with Crippen molar-refractivity contribution in [2.24, 2.45) is 0 Å². The van der Waals surface area contributed by atoms with Gasteiger partial charge in [-0.2, -0.15) is 0 Å². The third-order valence-corrected chi connectivity index (χ3v) is 18.7. The minimum atomic E-state index is -1.61. The molecule has 3 heteroatoms. The molecule has 0 unspecified atom stereocenters. The predicted octanol–water partition coefficient (Wildman–Crippen LogP) is 6.49. The van der Waals surface area contributed by atoms with Crippen LogP contribution >= 0.6 is 0 Å². The van der Waals surface area contributed by atoms with Crippen molar-refractivity contribution >= 4 is 26.5 Å². The lowest BCUT2D eigenvalue weighted by atomic mass is 10.0. The summed E-state index contributed by atoms with van der Waals surface area (Å²) >= 11 is 0. The fraction of sp³-hybridized carbons (Fsp3) is 0.500. The van der Waals surface area contributed by atoms with Gasteiger partial charge >= 0.3 is 0 Å². The summed E-state index contributed by atoms with van der Waals surface area (Å²) in [6.07, 6.45) is 0. The zero-order valence-corrected chi connectivity index (χ0v) is 20.2. The Balaban J connectivity index is 2.61. The molecule has 2 rings (SSSR count). The molecule has 0 radical (unpaired) electrons. The Kier molecular flexibility index (Phi) is 7.52. The normalized spacial score (nSPS) is 12.4. The first kappa shape index (κ1) is 22.0. The Morgan fingerprint density at radius 3 is 1.70 bits per heavy atom. The van der Waals surface area contributed by atoms with Crippen LogP contribution in [0.25, 0.3) is 11.1 Å². The maximum absolute atomic E-state index is 11.3. The van der Waals surface area contributed by atoms with Crippen molar-refractivity contribution in [1.82, 2.24) is 0 Å². The lowest BCUT2D eigenvalue weighted by Gasteiger charge is -2.31. The monoisotopic (exact) mass is 398 g/mol. The van der Waals surface area contributed by atoms with E-state index in [1.807, 2.05) is 0 Å². The number of aromatic hydroxyl groups is 1. The van der Waals surface area contributed by atoms with Gasteiger partial charge in [-0.1, -0.05) is 125 Å². The van der Waals surface area contributed by atoms with Crippen molar-refractivity contribution in [2.75, 3.05) is 0 Å². The molecular formula is C24H38OSi2. The zero-order valence-electron chi connectivity index (χ0n) is 18.2. The third-order valence-electron chi connectivity index (χ3n) is 7.45. The van der Waals surface area contributed by atoms with Crippen LogP contribution in [0.4, 0.5) is 0 Å². The lowest BCUT2D eigenvalue weighted by Crippen LogP contribution is -2.46. The Hall–Kier alpha value is -1.33. The molecule has 27 heavy (non-hydrogen) atoms. The molecule has 0 bridgehead atoms. The summed E-state index contributed by atoms with van der Waals surface area (Å²) in [5.74, 6) is 0.545. The molecule has 0 heterocycles. The first-order valence-corrected chi connectivity index (χ1v) is 16.1. The molecule has 0 aliphatic rings. The fourth-order valence-electron chi connectivity index (χ4n) is 4.90. The Morgan fingerprint density at radius 1 is 0.667 bits per heavy atom. The molecule has 0 saturated carbocycles. The van der Waals surface area contributed by atoms with Gasteiger partial charge in [0.1, 0.15) is 5.75 Å². The number of hydrogen-bond donors (Lipinski definition) is 1. The van der Waals surface area contributed by atoms with Crippen LogP contribution < -0.4 is 10.4 Å². The van der Waals surface area contributed by atoms with Crippen LogP contribution in [-0.2, 0) is 0 Å². The van der Waals surface area contributed by atoms with Crippen LogP contribution in [0.2, 0.25) is 36.3 Å². The molecule has 0 fully saturated rings. The topological polar surface area (TPSA) is 20.2 Å². The highest BCUT2D eigenvalue weighted by Crippen LogP contribution is 2.33. The summed E-state index contributed by atoms with van der Waals surface area (Å²) in [7, 11) is -3.03. The number of phenols is 1. The summed E-state index contributed by atoms with van der Waals surface area (Å²) < 4.78 is 0. The summed E-state index contributed by atoms with van der Waals surface area (Å²) in [5, 5.41) is 14.1. The number of rotatable bonds is 9. The van der Waals surface area contributed by atoms with Crippen molar-refractivity contribution in [2.45, 2.75) is 77.8 Å². The second-order valence-electron chi connectivity index (χ2n) is 7.96. The summed E-state index contributed by atoms with van der Waals surface area (Å²) in [5.41, 5.74) is 2.21. The van der Waals surface area contributed by atoms with Gasteiger partial charge < -0.3 is 5.11 Å². The van der Waals surface area contributed by atoms with Crippen molar-refractivity contribution < 1.29 is 5.11 Å². The summed E-state index contributed by atoms with van der Waals surface area (Å²) in [4.78, 5) is 0. The minimum absolute atomic E-state index is 0.545. The van der Waals surface area contributed by atoms with Crippen molar-refractivity contribution in [1.29, 1.82) is 0 Å². The van der Waals surface area contributed by atoms with Gasteiger partial charge in [0.15, 0.2) is 0 Å². The average molecular weight is 399 g/mol. The second kappa shape index (κ2) is 9.25. The third kappa shape index (κ3) is 3.95. The molecule has 0 atom stereocenters. The molecule has 2 aromatic rings. The standard InChI is InChI=1S/C24H38OSi2/c1-7-26(8-2,9-3)21-16-13-15-20(19-21)22-17-14-18-23(24(22)25)27(10-4,11-5)12-6/h13-19,25H,7-12H2,1-6H3. The SMILES string of the molecule is CC[Si](CC)(CC)c1cccc(-c2cccc([Si](CC)(CC)CC)c2O)c1. The maximum atomic E-state index is 11.3. The van der Waals surface area contributed by atoms with Gasteiger partial charge in [0.2, 0.25) is 0 Å². The van der Waals surface area contributed by atoms with Gasteiger partial charge in [-0.15, -0.1) is 0 Å². The van der Waals surface area contributed by atoms with E-state index >= 15 is 0 Å². The summed E-state index contributed by atoms with van der Waals surface area (Å²) in [6, 6.07) is 23.0. The van der Waals surface area contributed by atoms with E-state index in [4.69, 9.17) is 0 Å². The highest BCUT2D eigenvalue weighted by Gasteiger charge is 2.33. The van der Waals surface area contributed by atoms with E-state index in [0.29, 0.717) is 5.75 Å². The van der Waals surface area contributed by atoms with E-state index in [-0.39, 0.29) is 0 Å². The molecule has 0 aromatic heterocycles. The second-order valence-corrected chi connectivity index (χ2v) is 18.4. The number of benzene rings is 2. The summed E-state index contributed by atoms with van der Waals surface area (Å²) in [6.45, 7) is 14.0. The van der Waals surface area contributed by atoms with E-state index in [2.05, 4.69) is 84.0 Å². The van der Waals surface area contributed by atoms with Gasteiger partial charge in [0.05, 0.1) is 16.1 Å². The first-order valence-electron chi connectivity index (χ1n) is 10.9. The quantitative estimate of drug-likeness (QED) is 0.479. The molecule has 148 valence electrons. The molecule has 0 spiro atoms. The Labute approximate surface area is 168 Å². The van der Waals surface area contributed by atoms with Crippen LogP contribution in [0.3, 0.4) is 0 Å². The first-order chi connectivity index (χ1) is 13.0. The van der Waals surface area contributed by atoms with Gasteiger partial charge in [0.25, 0.3) is 0 Å². The van der Waals surface area contributed by atoms with E-state index in [1.54, 1.807) is 5.19 Å². The van der Waals surface area contributed by atoms with E-state index in [0.717, 1.165) is 5.56 Å². The molecule has 0 saturated heterocycles. The Morgan fingerprint density at radius 2 is 1.19 bits per heavy atom. The lowest BCUT2D eigenvalue weighted by molar-refractivity contribution is 0.481. The smallest absolute Gasteiger partial charge is 0.122 e. The van der Waals surface area contributed by atoms with Crippen LogP contribution in [0, 0.1) is 0 Å². The average Bonchev–Trinajstić information content (AvgIpc) is 2.73. The van der Waals surface area contributed by atoms with E-state index in [1.165, 1.54) is 47.0 Å². The van der Waals surface area contributed by atoms with Crippen LogP contribution in [0.1, 0.15) is 41.5 Å². The van der Waals surface area contributed by atoms with Crippen molar-refractivity contribution in [3.05, 3.63) is 42.5 Å². The van der Waals surface area contributed by atoms with Crippen LogP contribution in [-0.4, -0.2) is 21.3 Å². The van der Waals surface area contributed by atoms with Crippen molar-refractivity contribution in [3.8, 4) is 16.9 Å². The predicted molar refractivity (Wildman–Crippen MR) is 127 cm³/mol. The van der Waals surface area contributed by atoms with Gasteiger partial charge in [-0.25, -0.2) is 0 Å². The molecular weight excluding hydrogens is 360 g/mol.